The summed E-state index contributed by atoms with van der Waals surface area (Å²) in [6, 6.07) is 5.57. The molecule has 0 N–H and O–H groups in total. The molecule has 0 aromatic heterocycles. The Morgan fingerprint density at radius 1 is 0.943 bits per heavy atom. The highest BCUT2D eigenvalue weighted by atomic mass is 16.7. The molecule has 0 saturated carbocycles. The van der Waals surface area contributed by atoms with E-state index in [9.17, 15) is 9.59 Å². The van der Waals surface area contributed by atoms with Crippen LogP contribution in [0.15, 0.2) is 18.2 Å². The largest absolute Gasteiger partial charge is 0.457 e. The van der Waals surface area contributed by atoms with Crippen molar-refractivity contribution in [3.63, 3.8) is 0 Å². The maximum Gasteiger partial charge on any atom is 0.314 e. The first-order valence-electron chi connectivity index (χ1n) is 12.4. The fraction of sp³-hybridized carbons (Fsp3) is 0.714. The molecule has 2 fully saturated rings. The van der Waals surface area contributed by atoms with E-state index < -0.39 is 10.8 Å². The lowest BCUT2D eigenvalue weighted by Crippen LogP contribution is -2.41. The zero-order valence-corrected chi connectivity index (χ0v) is 22.8. The molecular formula is C28H42O7. The van der Waals surface area contributed by atoms with Gasteiger partial charge in [-0.05, 0) is 90.7 Å². The summed E-state index contributed by atoms with van der Waals surface area (Å²) < 4.78 is 28.6. The molecule has 1 aromatic rings. The number of ether oxygens (including phenoxy) is 5. The second-order valence-corrected chi connectivity index (χ2v) is 12.7. The highest BCUT2D eigenvalue weighted by molar-refractivity contribution is 5.75. The van der Waals surface area contributed by atoms with Gasteiger partial charge in [-0.3, -0.25) is 9.59 Å². The Bertz CT molecular complexity index is 933. The molecule has 2 aliphatic heterocycles. The van der Waals surface area contributed by atoms with Crippen LogP contribution in [0.1, 0.15) is 80.7 Å². The van der Waals surface area contributed by atoms with Crippen LogP contribution in [0.4, 0.5) is 0 Å². The van der Waals surface area contributed by atoms with Gasteiger partial charge in [0.25, 0.3) is 0 Å². The molecule has 7 nitrogen and oxygen atoms in total. The van der Waals surface area contributed by atoms with E-state index in [4.69, 9.17) is 23.7 Å². The standard InChI is InChI=1S/C28H42O7/c1-25(2,3)23(29)33-16-31-19-11-10-18(20(15-19)32-17-34-24(30)26(4,5)6)14-21-27(7,8)22-12-13-28(21,9)35-22/h10-11,15,21-22H,12-14,16-17H2,1-9H3/t21-,22-,28+/m1/s1. The summed E-state index contributed by atoms with van der Waals surface area (Å²) in [4.78, 5) is 24.2. The molecule has 7 heteroatoms. The molecule has 0 aliphatic carbocycles. The molecule has 2 aliphatic rings. The molecular weight excluding hydrogens is 448 g/mol. The zero-order valence-electron chi connectivity index (χ0n) is 22.8. The zero-order chi connectivity index (χ0) is 26.2. The lowest BCUT2D eigenvalue weighted by atomic mass is 9.62. The Labute approximate surface area is 209 Å². The van der Waals surface area contributed by atoms with Crippen LogP contribution in [-0.4, -0.2) is 37.2 Å². The van der Waals surface area contributed by atoms with Gasteiger partial charge in [0.2, 0.25) is 13.6 Å². The molecule has 2 bridgehead atoms. The quantitative estimate of drug-likeness (QED) is 0.343. The third kappa shape index (κ3) is 6.11. The Hall–Kier alpha value is -2.28. The van der Waals surface area contributed by atoms with Gasteiger partial charge in [-0.1, -0.05) is 19.9 Å². The third-order valence-corrected chi connectivity index (χ3v) is 7.29. The fourth-order valence-electron chi connectivity index (χ4n) is 5.01. The first kappa shape index (κ1) is 27.3. The van der Waals surface area contributed by atoms with E-state index in [2.05, 4.69) is 20.8 Å². The maximum absolute atomic E-state index is 12.2. The fourth-order valence-corrected chi connectivity index (χ4v) is 5.01. The van der Waals surface area contributed by atoms with Crippen molar-refractivity contribution in [2.45, 2.75) is 93.3 Å². The number of carbonyl (C=O) groups is 2. The molecule has 2 saturated heterocycles. The summed E-state index contributed by atoms with van der Waals surface area (Å²) in [5, 5.41) is 0. The van der Waals surface area contributed by atoms with E-state index in [0.717, 1.165) is 24.8 Å². The van der Waals surface area contributed by atoms with Crippen molar-refractivity contribution < 1.29 is 33.3 Å². The van der Waals surface area contributed by atoms with Crippen LogP contribution in [0.3, 0.4) is 0 Å². The van der Waals surface area contributed by atoms with E-state index in [0.29, 0.717) is 17.4 Å². The van der Waals surface area contributed by atoms with Gasteiger partial charge in [0.05, 0.1) is 22.5 Å². The van der Waals surface area contributed by atoms with E-state index in [1.54, 1.807) is 47.6 Å². The summed E-state index contributed by atoms with van der Waals surface area (Å²) in [7, 11) is 0. The van der Waals surface area contributed by atoms with Crippen LogP contribution in [0.5, 0.6) is 11.5 Å². The van der Waals surface area contributed by atoms with E-state index >= 15 is 0 Å². The predicted molar refractivity (Wildman–Crippen MR) is 132 cm³/mol. The van der Waals surface area contributed by atoms with Gasteiger partial charge in [0.1, 0.15) is 11.5 Å². The Morgan fingerprint density at radius 2 is 1.51 bits per heavy atom. The van der Waals surface area contributed by atoms with Gasteiger partial charge in [0.15, 0.2) is 0 Å². The smallest absolute Gasteiger partial charge is 0.314 e. The van der Waals surface area contributed by atoms with Gasteiger partial charge >= 0.3 is 11.9 Å². The van der Waals surface area contributed by atoms with Crippen LogP contribution in [0.25, 0.3) is 0 Å². The first-order chi connectivity index (χ1) is 16.0. The summed E-state index contributed by atoms with van der Waals surface area (Å²) >= 11 is 0. The average molecular weight is 491 g/mol. The lowest BCUT2D eigenvalue weighted by Gasteiger charge is -2.39. The second kappa shape index (κ2) is 9.64. The monoisotopic (exact) mass is 490 g/mol. The summed E-state index contributed by atoms with van der Waals surface area (Å²) in [6.45, 7) is 17.1. The van der Waals surface area contributed by atoms with Crippen molar-refractivity contribution in [1.29, 1.82) is 0 Å². The van der Waals surface area contributed by atoms with Crippen molar-refractivity contribution in [2.75, 3.05) is 13.6 Å². The normalized spacial score (nSPS) is 25.3. The van der Waals surface area contributed by atoms with Crippen molar-refractivity contribution in [2.24, 2.45) is 22.2 Å². The topological polar surface area (TPSA) is 80.3 Å². The van der Waals surface area contributed by atoms with E-state index in [-0.39, 0.29) is 42.6 Å². The highest BCUT2D eigenvalue weighted by Gasteiger charge is 2.60. The molecule has 196 valence electrons. The number of esters is 2. The first-order valence-corrected chi connectivity index (χ1v) is 12.4. The van der Waals surface area contributed by atoms with Gasteiger partial charge in [-0.2, -0.15) is 0 Å². The summed E-state index contributed by atoms with van der Waals surface area (Å²) in [5.74, 6) is 0.714. The molecule has 35 heavy (non-hydrogen) atoms. The number of hydrogen-bond donors (Lipinski definition) is 0. The van der Waals surface area contributed by atoms with Crippen molar-refractivity contribution >= 4 is 11.9 Å². The van der Waals surface area contributed by atoms with Gasteiger partial charge in [0, 0.05) is 6.07 Å². The Balaban J connectivity index is 1.76. The van der Waals surface area contributed by atoms with Crippen LogP contribution in [0, 0.1) is 22.2 Å². The predicted octanol–water partition coefficient (Wildman–Crippen LogP) is 5.67. The van der Waals surface area contributed by atoms with Gasteiger partial charge in [-0.15, -0.1) is 0 Å². The van der Waals surface area contributed by atoms with Crippen LogP contribution in [-0.2, 0) is 30.2 Å². The third-order valence-electron chi connectivity index (χ3n) is 7.29. The number of hydrogen-bond acceptors (Lipinski definition) is 7. The molecule has 2 heterocycles. The van der Waals surface area contributed by atoms with Crippen molar-refractivity contribution in [3.05, 3.63) is 23.8 Å². The molecule has 0 spiro atoms. The number of fused-ring (bicyclic) bond motifs is 2. The minimum Gasteiger partial charge on any atom is -0.457 e. The Morgan fingerprint density at radius 3 is 2.03 bits per heavy atom. The average Bonchev–Trinajstić information content (AvgIpc) is 3.21. The lowest BCUT2D eigenvalue weighted by molar-refractivity contribution is -0.160. The second-order valence-electron chi connectivity index (χ2n) is 12.7. The van der Waals surface area contributed by atoms with Crippen LogP contribution < -0.4 is 9.47 Å². The van der Waals surface area contributed by atoms with E-state index in [1.165, 1.54) is 0 Å². The SMILES string of the molecule is CC(C)(C)C(=O)OCOc1ccc(C[C@@H]2C(C)(C)[C@H]3CC[C@]2(C)O3)c(OCOC(=O)C(C)(C)C)c1. The summed E-state index contributed by atoms with van der Waals surface area (Å²) in [6.07, 6.45) is 3.16. The maximum atomic E-state index is 12.2. The molecule has 0 radical (unpaired) electrons. The number of benzene rings is 1. The molecule has 1 aromatic carbocycles. The van der Waals surface area contributed by atoms with Gasteiger partial charge in [-0.25, -0.2) is 0 Å². The molecule has 3 atom stereocenters. The highest BCUT2D eigenvalue weighted by Crippen LogP contribution is 2.58. The molecule has 3 rings (SSSR count). The van der Waals surface area contributed by atoms with E-state index in [1.807, 2.05) is 12.1 Å². The Kier molecular flexibility index (Phi) is 7.52. The van der Waals surface area contributed by atoms with Crippen LogP contribution in [0.2, 0.25) is 0 Å². The van der Waals surface area contributed by atoms with Crippen LogP contribution >= 0.6 is 0 Å². The molecule has 0 amide bonds. The van der Waals surface area contributed by atoms with Crippen molar-refractivity contribution in [1.82, 2.24) is 0 Å². The number of carbonyl (C=O) groups excluding carboxylic acids is 2. The van der Waals surface area contributed by atoms with Crippen molar-refractivity contribution in [3.8, 4) is 11.5 Å². The van der Waals surface area contributed by atoms with Gasteiger partial charge < -0.3 is 23.7 Å². The number of rotatable bonds is 8. The minimum absolute atomic E-state index is 0.0410. The minimum atomic E-state index is -0.618. The summed E-state index contributed by atoms with van der Waals surface area (Å²) in [5.41, 5.74) is -0.358. The molecule has 0 unspecified atom stereocenters.